The quantitative estimate of drug-likeness (QED) is 0.732. The molecule has 0 saturated heterocycles. The van der Waals surface area contributed by atoms with E-state index in [-0.39, 0.29) is 11.7 Å². The molecule has 0 aromatic heterocycles. The Hall–Kier alpha value is -0.410. The van der Waals surface area contributed by atoms with Crippen molar-refractivity contribution in [3.05, 3.63) is 0 Å². The van der Waals surface area contributed by atoms with Gasteiger partial charge in [0.1, 0.15) is 5.60 Å². The van der Waals surface area contributed by atoms with Crippen molar-refractivity contribution >= 4 is 5.78 Å². The minimum Gasteiger partial charge on any atom is -0.385 e. The fraction of sp³-hybridized carbons (Fsp3) is 0.933. The second-order valence-corrected chi connectivity index (χ2v) is 6.41. The van der Waals surface area contributed by atoms with Gasteiger partial charge in [-0.05, 0) is 37.5 Å². The van der Waals surface area contributed by atoms with Crippen molar-refractivity contribution in [2.75, 3.05) is 20.8 Å². The number of ether oxygens (including phenoxy) is 2. The minimum atomic E-state index is -0.539. The molecule has 1 aliphatic rings. The van der Waals surface area contributed by atoms with Crippen LogP contribution < -0.4 is 0 Å². The summed E-state index contributed by atoms with van der Waals surface area (Å²) in [6, 6.07) is 0. The van der Waals surface area contributed by atoms with Crippen LogP contribution in [-0.2, 0) is 14.3 Å². The maximum absolute atomic E-state index is 12.6. The molecular weight excluding hydrogens is 228 g/mol. The van der Waals surface area contributed by atoms with Crippen LogP contribution in [0.4, 0.5) is 0 Å². The van der Waals surface area contributed by atoms with E-state index in [0.29, 0.717) is 12.0 Å². The van der Waals surface area contributed by atoms with Gasteiger partial charge < -0.3 is 9.47 Å². The van der Waals surface area contributed by atoms with E-state index in [1.807, 2.05) is 6.92 Å². The Morgan fingerprint density at radius 3 is 2.17 bits per heavy atom. The molecule has 0 N–H and O–H groups in total. The Bertz CT molecular complexity index is 273. The third-order valence-corrected chi connectivity index (χ3v) is 4.45. The summed E-state index contributed by atoms with van der Waals surface area (Å²) in [5, 5.41) is 0. The second-order valence-electron chi connectivity index (χ2n) is 6.41. The lowest BCUT2D eigenvalue weighted by molar-refractivity contribution is -0.152. The van der Waals surface area contributed by atoms with E-state index in [4.69, 9.17) is 9.47 Å². The lowest BCUT2D eigenvalue weighted by Crippen LogP contribution is -2.48. The fourth-order valence-electron chi connectivity index (χ4n) is 2.76. The van der Waals surface area contributed by atoms with Gasteiger partial charge in [0.25, 0.3) is 0 Å². The molecule has 0 heterocycles. The van der Waals surface area contributed by atoms with Gasteiger partial charge in [-0.15, -0.1) is 0 Å². The molecule has 1 atom stereocenters. The first kappa shape index (κ1) is 15.6. The molecule has 0 bridgehead atoms. The van der Waals surface area contributed by atoms with Crippen molar-refractivity contribution in [3.8, 4) is 0 Å². The summed E-state index contributed by atoms with van der Waals surface area (Å²) in [6.07, 6.45) is 4.61. The highest BCUT2D eigenvalue weighted by Gasteiger charge is 2.45. The predicted octanol–water partition coefficient (Wildman–Crippen LogP) is 3.21. The Balaban J connectivity index is 2.68. The van der Waals surface area contributed by atoms with Crippen molar-refractivity contribution in [2.45, 2.75) is 58.5 Å². The van der Waals surface area contributed by atoms with E-state index in [9.17, 15) is 4.79 Å². The van der Waals surface area contributed by atoms with Crippen LogP contribution in [0.1, 0.15) is 52.9 Å². The Morgan fingerprint density at radius 2 is 1.72 bits per heavy atom. The Labute approximate surface area is 111 Å². The lowest BCUT2D eigenvalue weighted by Gasteiger charge is -2.42. The summed E-state index contributed by atoms with van der Waals surface area (Å²) in [6.45, 7) is 7.16. The molecule has 0 radical (unpaired) electrons. The molecule has 18 heavy (non-hydrogen) atoms. The number of hydrogen-bond acceptors (Lipinski definition) is 3. The average molecular weight is 256 g/mol. The lowest BCUT2D eigenvalue weighted by atomic mass is 9.68. The van der Waals surface area contributed by atoms with Gasteiger partial charge >= 0.3 is 0 Å². The first-order chi connectivity index (χ1) is 8.37. The molecule has 1 aliphatic carbocycles. The van der Waals surface area contributed by atoms with E-state index in [1.54, 1.807) is 14.2 Å². The number of Topliss-reactive ketones (excluding diaryl/α,β-unsaturated/α-hetero) is 1. The maximum atomic E-state index is 12.6. The molecule has 0 aromatic carbocycles. The summed E-state index contributed by atoms with van der Waals surface area (Å²) in [4.78, 5) is 12.6. The Kier molecular flexibility index (Phi) is 5.35. The van der Waals surface area contributed by atoms with Crippen molar-refractivity contribution in [1.29, 1.82) is 0 Å². The van der Waals surface area contributed by atoms with Crippen molar-refractivity contribution in [3.63, 3.8) is 0 Å². The molecule has 1 fully saturated rings. The monoisotopic (exact) mass is 256 g/mol. The standard InChI is InChI=1S/C15H28O3/c1-12(6-11-17-4)13(16)15(18-5)9-7-14(2,3)8-10-15/h12H,6-11H2,1-5H3. The SMILES string of the molecule is COCCC(C)C(=O)C1(OC)CCC(C)(C)CC1. The smallest absolute Gasteiger partial charge is 0.167 e. The summed E-state index contributed by atoms with van der Waals surface area (Å²) >= 11 is 0. The van der Waals surface area contributed by atoms with Crippen molar-refractivity contribution < 1.29 is 14.3 Å². The van der Waals surface area contributed by atoms with Crippen molar-refractivity contribution in [1.82, 2.24) is 0 Å². The molecular formula is C15H28O3. The van der Waals surface area contributed by atoms with Gasteiger partial charge in [0.05, 0.1) is 0 Å². The van der Waals surface area contributed by atoms with Crippen LogP contribution in [0.2, 0.25) is 0 Å². The first-order valence-corrected chi connectivity index (χ1v) is 6.95. The number of ketones is 1. The van der Waals surface area contributed by atoms with Crippen LogP contribution in [0.5, 0.6) is 0 Å². The molecule has 3 heteroatoms. The van der Waals surface area contributed by atoms with E-state index >= 15 is 0 Å². The van der Waals surface area contributed by atoms with Gasteiger partial charge in [0.2, 0.25) is 0 Å². The summed E-state index contributed by atoms with van der Waals surface area (Å²) < 4.78 is 10.7. The number of methoxy groups -OCH3 is 2. The highest BCUT2D eigenvalue weighted by atomic mass is 16.5. The highest BCUT2D eigenvalue weighted by molar-refractivity contribution is 5.89. The topological polar surface area (TPSA) is 35.5 Å². The van der Waals surface area contributed by atoms with E-state index in [1.165, 1.54) is 0 Å². The van der Waals surface area contributed by atoms with Gasteiger partial charge in [-0.25, -0.2) is 0 Å². The van der Waals surface area contributed by atoms with Gasteiger partial charge in [-0.3, -0.25) is 4.79 Å². The van der Waals surface area contributed by atoms with Crippen LogP contribution >= 0.6 is 0 Å². The molecule has 0 amide bonds. The molecule has 1 unspecified atom stereocenters. The predicted molar refractivity (Wildman–Crippen MR) is 72.7 cm³/mol. The zero-order chi connectivity index (χ0) is 13.8. The van der Waals surface area contributed by atoms with Gasteiger partial charge in [-0.1, -0.05) is 20.8 Å². The molecule has 0 spiro atoms. The van der Waals surface area contributed by atoms with E-state index in [0.717, 1.165) is 32.1 Å². The average Bonchev–Trinajstić information content (AvgIpc) is 2.36. The van der Waals surface area contributed by atoms with Crippen molar-refractivity contribution in [2.24, 2.45) is 11.3 Å². The highest BCUT2D eigenvalue weighted by Crippen LogP contribution is 2.43. The van der Waals surface area contributed by atoms with Gasteiger partial charge in [-0.2, -0.15) is 0 Å². The normalized spacial score (nSPS) is 23.6. The van der Waals surface area contributed by atoms with E-state index in [2.05, 4.69) is 13.8 Å². The minimum absolute atomic E-state index is 0.0195. The number of hydrogen-bond donors (Lipinski definition) is 0. The molecule has 3 nitrogen and oxygen atoms in total. The fourth-order valence-corrected chi connectivity index (χ4v) is 2.76. The molecule has 1 rings (SSSR count). The number of carbonyl (C=O) groups is 1. The zero-order valence-corrected chi connectivity index (χ0v) is 12.5. The van der Waals surface area contributed by atoms with Gasteiger partial charge in [0, 0.05) is 26.7 Å². The van der Waals surface area contributed by atoms with Crippen LogP contribution in [0.25, 0.3) is 0 Å². The summed E-state index contributed by atoms with van der Waals surface area (Å²) in [7, 11) is 3.35. The summed E-state index contributed by atoms with van der Waals surface area (Å²) in [5.41, 5.74) is -0.194. The molecule has 106 valence electrons. The third kappa shape index (κ3) is 3.55. The van der Waals surface area contributed by atoms with Crippen LogP contribution in [0.15, 0.2) is 0 Å². The largest absolute Gasteiger partial charge is 0.385 e. The van der Waals surface area contributed by atoms with Gasteiger partial charge in [0.15, 0.2) is 5.78 Å². The maximum Gasteiger partial charge on any atom is 0.167 e. The molecule has 0 aromatic rings. The second kappa shape index (κ2) is 6.16. The molecule has 0 aliphatic heterocycles. The summed E-state index contributed by atoms with van der Waals surface area (Å²) in [5.74, 6) is 0.281. The first-order valence-electron chi connectivity index (χ1n) is 6.95. The van der Waals surface area contributed by atoms with Crippen LogP contribution in [-0.4, -0.2) is 32.2 Å². The third-order valence-electron chi connectivity index (χ3n) is 4.45. The number of carbonyl (C=O) groups excluding carboxylic acids is 1. The Morgan fingerprint density at radius 1 is 1.17 bits per heavy atom. The van der Waals surface area contributed by atoms with E-state index < -0.39 is 5.60 Å². The zero-order valence-electron chi connectivity index (χ0n) is 12.5. The van der Waals surface area contributed by atoms with Crippen LogP contribution in [0.3, 0.4) is 0 Å². The number of rotatable bonds is 6. The molecule has 1 saturated carbocycles. The van der Waals surface area contributed by atoms with Crippen LogP contribution in [0, 0.1) is 11.3 Å².